The number of nitriles is 1. The highest BCUT2D eigenvalue weighted by Gasteiger charge is 2.28. The van der Waals surface area contributed by atoms with Gasteiger partial charge in [-0.3, -0.25) is 0 Å². The number of urea groups is 1. The van der Waals surface area contributed by atoms with E-state index in [4.69, 9.17) is 5.26 Å². The zero-order valence-electron chi connectivity index (χ0n) is 15.3. The van der Waals surface area contributed by atoms with Crippen molar-refractivity contribution in [3.05, 3.63) is 53.7 Å². The summed E-state index contributed by atoms with van der Waals surface area (Å²) in [4.78, 5) is 22.6. The summed E-state index contributed by atoms with van der Waals surface area (Å²) in [6, 6.07) is 12.0. The second-order valence-corrected chi connectivity index (χ2v) is 7.06. The van der Waals surface area contributed by atoms with Crippen LogP contribution in [0.3, 0.4) is 0 Å². The van der Waals surface area contributed by atoms with E-state index in [1.807, 2.05) is 6.07 Å². The number of pyridine rings is 1. The van der Waals surface area contributed by atoms with Crippen molar-refractivity contribution in [1.29, 1.82) is 5.26 Å². The summed E-state index contributed by atoms with van der Waals surface area (Å²) in [5.41, 5.74) is 3.36. The molecule has 0 bridgehead atoms. The minimum absolute atomic E-state index is 0.0547. The summed E-state index contributed by atoms with van der Waals surface area (Å²) in [7, 11) is 1.78. The smallest absolute Gasteiger partial charge is 0.321 e. The molecular formula is C20H22N6O. The number of carbonyl (C=O) groups excluding carboxylic acids is 1. The molecule has 0 unspecified atom stereocenters. The van der Waals surface area contributed by atoms with E-state index in [-0.39, 0.29) is 12.1 Å². The molecule has 1 aromatic heterocycles. The molecule has 2 aromatic rings. The second-order valence-electron chi connectivity index (χ2n) is 7.06. The summed E-state index contributed by atoms with van der Waals surface area (Å²) < 4.78 is 0. The van der Waals surface area contributed by atoms with E-state index in [1.165, 1.54) is 11.1 Å². The zero-order valence-corrected chi connectivity index (χ0v) is 15.3. The van der Waals surface area contributed by atoms with Crippen LogP contribution in [0.25, 0.3) is 0 Å². The Hall–Kier alpha value is -3.27. The summed E-state index contributed by atoms with van der Waals surface area (Å²) in [6.45, 7) is 2.95. The molecule has 0 radical (unpaired) electrons. The average molecular weight is 362 g/mol. The third-order valence-corrected chi connectivity index (χ3v) is 5.33. The normalized spacial score (nSPS) is 18.1. The van der Waals surface area contributed by atoms with Crippen molar-refractivity contribution >= 4 is 17.5 Å². The lowest BCUT2D eigenvalue weighted by atomic mass is 10.1. The predicted molar refractivity (Wildman–Crippen MR) is 103 cm³/mol. The first-order valence-electron chi connectivity index (χ1n) is 9.10. The van der Waals surface area contributed by atoms with Crippen LogP contribution in [0, 0.1) is 11.5 Å². The largest absolute Gasteiger partial charge is 0.348 e. The van der Waals surface area contributed by atoms with Crippen molar-refractivity contribution in [2.24, 2.45) is 0 Å². The number of nitrogens with one attached hydrogen (secondary N) is 1. The standard InChI is InChI=1S/C20H22N6O/c1-24(18-7-9-25(13-18)14-21)20(27)23-17-6-8-22-19(10-17)26-11-15-4-2-3-5-16(15)12-26/h2-6,8,10,18H,7,9,11-13H2,1H3,(H,22,23,27)/t18-/m1/s1. The van der Waals surface area contributed by atoms with E-state index < -0.39 is 0 Å². The van der Waals surface area contributed by atoms with Gasteiger partial charge in [0.2, 0.25) is 0 Å². The minimum Gasteiger partial charge on any atom is -0.348 e. The monoisotopic (exact) mass is 362 g/mol. The minimum atomic E-state index is -0.165. The van der Waals surface area contributed by atoms with Crippen LogP contribution in [0.1, 0.15) is 17.5 Å². The maximum absolute atomic E-state index is 12.6. The van der Waals surface area contributed by atoms with Gasteiger partial charge >= 0.3 is 6.03 Å². The van der Waals surface area contributed by atoms with Gasteiger partial charge in [0.05, 0.1) is 6.04 Å². The number of rotatable bonds is 3. The van der Waals surface area contributed by atoms with Gasteiger partial charge in [-0.15, -0.1) is 0 Å². The average Bonchev–Trinajstić information content (AvgIpc) is 3.34. The Balaban J connectivity index is 1.41. The number of likely N-dealkylation sites (N-methyl/N-ethyl adjacent to an activating group) is 1. The van der Waals surface area contributed by atoms with Crippen molar-refractivity contribution < 1.29 is 4.79 Å². The third kappa shape index (κ3) is 3.51. The molecule has 4 rings (SSSR count). The van der Waals surface area contributed by atoms with Crippen LogP contribution in [0.5, 0.6) is 0 Å². The van der Waals surface area contributed by atoms with Crippen LogP contribution in [-0.4, -0.2) is 47.0 Å². The Morgan fingerprint density at radius 3 is 2.70 bits per heavy atom. The van der Waals surface area contributed by atoms with Crippen LogP contribution in [0.4, 0.5) is 16.3 Å². The lowest BCUT2D eigenvalue weighted by molar-refractivity contribution is 0.205. The van der Waals surface area contributed by atoms with E-state index in [9.17, 15) is 4.79 Å². The number of nitrogens with zero attached hydrogens (tertiary/aromatic N) is 5. The molecule has 138 valence electrons. The Kier molecular flexibility index (Phi) is 4.55. The number of hydrogen-bond donors (Lipinski definition) is 1. The fraction of sp³-hybridized carbons (Fsp3) is 0.350. The highest BCUT2D eigenvalue weighted by atomic mass is 16.2. The molecule has 7 heteroatoms. The van der Waals surface area contributed by atoms with E-state index in [2.05, 4.69) is 45.7 Å². The Labute approximate surface area is 158 Å². The fourth-order valence-corrected chi connectivity index (χ4v) is 3.69. The highest BCUT2D eigenvalue weighted by molar-refractivity contribution is 5.89. The topological polar surface area (TPSA) is 75.5 Å². The molecule has 2 aliphatic rings. The quantitative estimate of drug-likeness (QED) is 0.850. The van der Waals surface area contributed by atoms with Crippen molar-refractivity contribution in [2.45, 2.75) is 25.6 Å². The van der Waals surface area contributed by atoms with Gasteiger partial charge in [0.15, 0.2) is 6.19 Å². The lowest BCUT2D eigenvalue weighted by Crippen LogP contribution is -2.41. The number of amides is 2. The van der Waals surface area contributed by atoms with Crippen LogP contribution in [0.15, 0.2) is 42.6 Å². The molecule has 0 aliphatic carbocycles. The molecule has 1 fully saturated rings. The number of benzene rings is 1. The summed E-state index contributed by atoms with van der Waals surface area (Å²) in [5.74, 6) is 0.850. The van der Waals surface area contributed by atoms with Gasteiger partial charge in [-0.1, -0.05) is 24.3 Å². The van der Waals surface area contributed by atoms with Gasteiger partial charge in [0, 0.05) is 51.2 Å². The number of hydrogen-bond acceptors (Lipinski definition) is 5. The zero-order chi connectivity index (χ0) is 18.8. The van der Waals surface area contributed by atoms with Gasteiger partial charge in [-0.05, 0) is 23.6 Å². The van der Waals surface area contributed by atoms with Crippen LogP contribution in [-0.2, 0) is 13.1 Å². The Morgan fingerprint density at radius 2 is 2.04 bits per heavy atom. The van der Waals surface area contributed by atoms with Crippen molar-refractivity contribution in [3.63, 3.8) is 0 Å². The number of fused-ring (bicyclic) bond motifs is 1. The van der Waals surface area contributed by atoms with E-state index in [0.717, 1.165) is 31.0 Å². The molecule has 1 aromatic carbocycles. The fourth-order valence-electron chi connectivity index (χ4n) is 3.69. The molecule has 7 nitrogen and oxygen atoms in total. The first-order valence-corrected chi connectivity index (χ1v) is 9.10. The van der Waals surface area contributed by atoms with Gasteiger partial charge in [0.1, 0.15) is 5.82 Å². The Bertz CT molecular complexity index is 867. The predicted octanol–water partition coefficient (Wildman–Crippen LogP) is 2.62. The molecule has 1 N–H and O–H groups in total. The van der Waals surface area contributed by atoms with E-state index in [0.29, 0.717) is 13.1 Å². The number of likely N-dealkylation sites (tertiary alicyclic amines) is 1. The first-order chi connectivity index (χ1) is 13.1. The maximum atomic E-state index is 12.6. The summed E-state index contributed by atoms with van der Waals surface area (Å²) in [5, 5.41) is 11.9. The first kappa shape index (κ1) is 17.2. The third-order valence-electron chi connectivity index (χ3n) is 5.33. The molecule has 3 heterocycles. The Morgan fingerprint density at radius 1 is 1.30 bits per heavy atom. The lowest BCUT2D eigenvalue weighted by Gasteiger charge is -2.24. The van der Waals surface area contributed by atoms with Gasteiger partial charge in [-0.25, -0.2) is 9.78 Å². The molecule has 2 amide bonds. The molecule has 1 saturated heterocycles. The second kappa shape index (κ2) is 7.16. The molecule has 1 atom stereocenters. The highest BCUT2D eigenvalue weighted by Crippen LogP contribution is 2.28. The van der Waals surface area contributed by atoms with E-state index in [1.54, 1.807) is 29.1 Å². The van der Waals surface area contributed by atoms with Gasteiger partial charge in [0.25, 0.3) is 0 Å². The summed E-state index contributed by atoms with van der Waals surface area (Å²) in [6.07, 6.45) is 4.68. The number of anilines is 2. The molecule has 0 spiro atoms. The molecule has 2 aliphatic heterocycles. The molecular weight excluding hydrogens is 340 g/mol. The van der Waals surface area contributed by atoms with Crippen LogP contribution in [0.2, 0.25) is 0 Å². The molecule has 0 saturated carbocycles. The van der Waals surface area contributed by atoms with E-state index >= 15 is 0 Å². The van der Waals surface area contributed by atoms with Crippen LogP contribution >= 0.6 is 0 Å². The van der Waals surface area contributed by atoms with Crippen molar-refractivity contribution in [2.75, 3.05) is 30.4 Å². The summed E-state index contributed by atoms with van der Waals surface area (Å²) >= 11 is 0. The number of aromatic nitrogens is 1. The SMILES string of the molecule is CN(C(=O)Nc1ccnc(N2Cc3ccccc3C2)c1)[C@@H]1CCN(C#N)C1. The maximum Gasteiger partial charge on any atom is 0.321 e. The molecule has 27 heavy (non-hydrogen) atoms. The van der Waals surface area contributed by atoms with Crippen LogP contribution < -0.4 is 10.2 Å². The van der Waals surface area contributed by atoms with Gasteiger partial charge in [-0.2, -0.15) is 5.26 Å². The van der Waals surface area contributed by atoms with Crippen molar-refractivity contribution in [1.82, 2.24) is 14.8 Å². The van der Waals surface area contributed by atoms with Crippen molar-refractivity contribution in [3.8, 4) is 6.19 Å². The number of carbonyl (C=O) groups is 1. The van der Waals surface area contributed by atoms with Gasteiger partial charge < -0.3 is 20.0 Å².